The molecule has 5 heteroatoms. The maximum atomic E-state index is 11.6. The van der Waals surface area contributed by atoms with E-state index in [1.54, 1.807) is 13.0 Å². The lowest BCUT2D eigenvalue weighted by Crippen LogP contribution is -2.25. The summed E-state index contributed by atoms with van der Waals surface area (Å²) >= 11 is 5.96. The zero-order valence-electron chi connectivity index (χ0n) is 9.05. The van der Waals surface area contributed by atoms with Gasteiger partial charge < -0.3 is 10.1 Å². The van der Waals surface area contributed by atoms with Crippen molar-refractivity contribution in [1.29, 1.82) is 0 Å². The van der Waals surface area contributed by atoms with E-state index in [0.29, 0.717) is 12.2 Å². The Balaban J connectivity index is 2.35. The van der Waals surface area contributed by atoms with Gasteiger partial charge in [-0.1, -0.05) is 11.6 Å². The van der Waals surface area contributed by atoms with Crippen molar-refractivity contribution in [3.8, 4) is 0 Å². The number of halogens is 1. The molecule has 16 heavy (non-hydrogen) atoms. The van der Waals surface area contributed by atoms with Crippen molar-refractivity contribution in [2.45, 2.75) is 19.9 Å². The number of esters is 1. The molecule has 0 saturated carbocycles. The molecule has 0 bridgehead atoms. The van der Waals surface area contributed by atoms with Gasteiger partial charge >= 0.3 is 5.97 Å². The van der Waals surface area contributed by atoms with E-state index in [1.165, 1.54) is 0 Å². The Kier molecular flexibility index (Phi) is 3.41. The smallest absolute Gasteiger partial charge is 0.341 e. The molecule has 0 radical (unpaired) electrons. The number of carbonyl (C=O) groups is 1. The third-order valence-corrected chi connectivity index (χ3v) is 2.78. The van der Waals surface area contributed by atoms with E-state index in [1.807, 2.05) is 0 Å². The largest absolute Gasteiger partial charge is 0.462 e. The van der Waals surface area contributed by atoms with E-state index in [0.717, 1.165) is 30.8 Å². The molecule has 1 N–H and O–H groups in total. The molecule has 1 aromatic rings. The SMILES string of the molecule is CCOC(=O)c1cc2c(nc1Cl)CCNC2. The monoisotopic (exact) mass is 240 g/mol. The summed E-state index contributed by atoms with van der Waals surface area (Å²) in [5, 5.41) is 3.46. The minimum absolute atomic E-state index is 0.235. The number of ether oxygens (including phenoxy) is 1. The van der Waals surface area contributed by atoms with Crippen LogP contribution < -0.4 is 5.32 Å². The number of rotatable bonds is 2. The van der Waals surface area contributed by atoms with Crippen LogP contribution in [0.15, 0.2) is 6.07 Å². The number of nitrogens with one attached hydrogen (secondary N) is 1. The van der Waals surface area contributed by atoms with Gasteiger partial charge in [-0.2, -0.15) is 0 Å². The fourth-order valence-corrected chi connectivity index (χ4v) is 1.95. The van der Waals surface area contributed by atoms with Crippen molar-refractivity contribution in [1.82, 2.24) is 10.3 Å². The summed E-state index contributed by atoms with van der Waals surface area (Å²) in [6, 6.07) is 1.77. The molecule has 2 rings (SSSR count). The molecule has 0 spiro atoms. The predicted molar refractivity (Wildman–Crippen MR) is 60.6 cm³/mol. The Morgan fingerprint density at radius 2 is 2.50 bits per heavy atom. The van der Waals surface area contributed by atoms with Crippen LogP contribution in [0, 0.1) is 0 Å². The molecule has 0 atom stereocenters. The highest BCUT2D eigenvalue weighted by molar-refractivity contribution is 6.32. The summed E-state index contributed by atoms with van der Waals surface area (Å²) in [6.07, 6.45) is 0.845. The lowest BCUT2D eigenvalue weighted by Gasteiger charge is -2.17. The molecule has 2 heterocycles. The number of pyridine rings is 1. The van der Waals surface area contributed by atoms with Gasteiger partial charge in [0.2, 0.25) is 0 Å². The van der Waals surface area contributed by atoms with Crippen molar-refractivity contribution in [3.05, 3.63) is 28.0 Å². The van der Waals surface area contributed by atoms with Crippen LogP contribution in [0.2, 0.25) is 5.15 Å². The topological polar surface area (TPSA) is 51.2 Å². The van der Waals surface area contributed by atoms with Gasteiger partial charge in [-0.15, -0.1) is 0 Å². The first-order valence-corrected chi connectivity index (χ1v) is 5.66. The van der Waals surface area contributed by atoms with E-state index in [9.17, 15) is 4.79 Å². The van der Waals surface area contributed by atoms with Crippen LogP contribution in [-0.4, -0.2) is 24.1 Å². The Morgan fingerprint density at radius 1 is 1.69 bits per heavy atom. The second-order valence-corrected chi connectivity index (χ2v) is 3.94. The molecule has 86 valence electrons. The van der Waals surface area contributed by atoms with Crippen LogP contribution in [0.1, 0.15) is 28.5 Å². The van der Waals surface area contributed by atoms with Crippen LogP contribution in [0.4, 0.5) is 0 Å². The Bertz CT molecular complexity index is 421. The number of aromatic nitrogens is 1. The summed E-state index contributed by atoms with van der Waals surface area (Å²) < 4.78 is 4.92. The molecule has 0 saturated heterocycles. The minimum Gasteiger partial charge on any atom is -0.462 e. The van der Waals surface area contributed by atoms with E-state index < -0.39 is 5.97 Å². The van der Waals surface area contributed by atoms with Crippen molar-refractivity contribution in [2.24, 2.45) is 0 Å². The molecule has 1 aliphatic rings. The van der Waals surface area contributed by atoms with Crippen molar-refractivity contribution in [3.63, 3.8) is 0 Å². The number of fused-ring (bicyclic) bond motifs is 1. The molecule has 4 nitrogen and oxygen atoms in total. The van der Waals surface area contributed by atoms with E-state index in [2.05, 4.69) is 10.3 Å². The lowest BCUT2D eigenvalue weighted by atomic mass is 10.1. The van der Waals surface area contributed by atoms with Gasteiger partial charge in [0.05, 0.1) is 12.2 Å². The van der Waals surface area contributed by atoms with Crippen molar-refractivity contribution in [2.75, 3.05) is 13.2 Å². The van der Waals surface area contributed by atoms with Gasteiger partial charge in [0, 0.05) is 25.2 Å². The summed E-state index contributed by atoms with van der Waals surface area (Å²) in [7, 11) is 0. The molecule has 1 aromatic heterocycles. The second kappa shape index (κ2) is 4.80. The van der Waals surface area contributed by atoms with E-state index >= 15 is 0 Å². The van der Waals surface area contributed by atoms with Crippen LogP contribution in [-0.2, 0) is 17.7 Å². The highest BCUT2D eigenvalue weighted by Gasteiger charge is 2.18. The first kappa shape index (κ1) is 11.4. The molecule has 0 unspecified atom stereocenters. The van der Waals surface area contributed by atoms with Crippen molar-refractivity contribution >= 4 is 17.6 Å². The van der Waals surface area contributed by atoms with Crippen LogP contribution in [0.3, 0.4) is 0 Å². The number of carbonyl (C=O) groups excluding carboxylic acids is 1. The maximum Gasteiger partial charge on any atom is 0.341 e. The third-order valence-electron chi connectivity index (χ3n) is 2.49. The molecular formula is C11H13ClN2O2. The van der Waals surface area contributed by atoms with Crippen LogP contribution >= 0.6 is 11.6 Å². The van der Waals surface area contributed by atoms with Gasteiger partial charge in [-0.25, -0.2) is 9.78 Å². The van der Waals surface area contributed by atoms with Gasteiger partial charge in [0.15, 0.2) is 0 Å². The van der Waals surface area contributed by atoms with E-state index in [-0.39, 0.29) is 5.15 Å². The van der Waals surface area contributed by atoms with Gasteiger partial charge in [-0.3, -0.25) is 0 Å². The zero-order chi connectivity index (χ0) is 11.5. The number of hydrogen-bond donors (Lipinski definition) is 1. The summed E-state index contributed by atoms with van der Waals surface area (Å²) in [6.45, 7) is 3.73. The Morgan fingerprint density at radius 3 is 3.25 bits per heavy atom. The summed E-state index contributed by atoms with van der Waals surface area (Å²) in [5.41, 5.74) is 2.35. The van der Waals surface area contributed by atoms with Gasteiger partial charge in [0.25, 0.3) is 0 Å². The molecule has 0 amide bonds. The number of hydrogen-bond acceptors (Lipinski definition) is 4. The summed E-state index contributed by atoms with van der Waals surface area (Å²) in [5.74, 6) is -0.409. The third kappa shape index (κ3) is 2.18. The normalized spacial score (nSPS) is 14.4. The minimum atomic E-state index is -0.409. The Hall–Kier alpha value is -1.13. The quantitative estimate of drug-likeness (QED) is 0.630. The average molecular weight is 241 g/mol. The van der Waals surface area contributed by atoms with Crippen LogP contribution in [0.25, 0.3) is 0 Å². The standard InChI is InChI=1S/C11H13ClN2O2/c1-2-16-11(15)8-5-7-6-13-4-3-9(7)14-10(8)12/h5,13H,2-4,6H2,1H3. The Labute approximate surface area is 99.0 Å². The van der Waals surface area contributed by atoms with E-state index in [4.69, 9.17) is 16.3 Å². The molecule has 0 fully saturated rings. The molecule has 0 aromatic carbocycles. The lowest BCUT2D eigenvalue weighted by molar-refractivity contribution is 0.0526. The first-order chi connectivity index (χ1) is 7.72. The highest BCUT2D eigenvalue weighted by atomic mass is 35.5. The average Bonchev–Trinajstić information content (AvgIpc) is 2.28. The van der Waals surface area contributed by atoms with Crippen LogP contribution in [0.5, 0.6) is 0 Å². The van der Waals surface area contributed by atoms with Gasteiger partial charge in [0.1, 0.15) is 5.15 Å². The fourth-order valence-electron chi connectivity index (χ4n) is 1.72. The maximum absolute atomic E-state index is 11.6. The van der Waals surface area contributed by atoms with Gasteiger partial charge in [-0.05, 0) is 18.6 Å². The fraction of sp³-hybridized carbons (Fsp3) is 0.455. The second-order valence-electron chi connectivity index (χ2n) is 3.58. The molecule has 1 aliphatic heterocycles. The zero-order valence-corrected chi connectivity index (χ0v) is 9.80. The predicted octanol–water partition coefficient (Wildman–Crippen LogP) is 1.56. The highest BCUT2D eigenvalue weighted by Crippen LogP contribution is 2.21. The first-order valence-electron chi connectivity index (χ1n) is 5.28. The number of nitrogens with zero attached hydrogens (tertiary/aromatic N) is 1. The molecular weight excluding hydrogens is 228 g/mol. The van der Waals surface area contributed by atoms with Crippen molar-refractivity contribution < 1.29 is 9.53 Å². The molecule has 0 aliphatic carbocycles. The summed E-state index contributed by atoms with van der Waals surface area (Å²) in [4.78, 5) is 15.8.